The first kappa shape index (κ1) is 12.6. The average Bonchev–Trinajstić information content (AvgIpc) is 2.50. The van der Waals surface area contributed by atoms with Crippen LogP contribution in [0.5, 0.6) is 11.6 Å². The summed E-state index contributed by atoms with van der Waals surface area (Å²) < 4.78 is 5.95. The highest BCUT2D eigenvalue weighted by Gasteiger charge is 2.07. The van der Waals surface area contributed by atoms with Crippen LogP contribution in [0.15, 0.2) is 60.8 Å². The molecule has 0 saturated heterocycles. The molecule has 2 aromatic carbocycles. The van der Waals surface area contributed by atoms with Crippen molar-refractivity contribution in [1.29, 1.82) is 0 Å². The first-order chi connectivity index (χ1) is 9.88. The van der Waals surface area contributed by atoms with Gasteiger partial charge in [0.2, 0.25) is 5.88 Å². The third-order valence-electron chi connectivity index (χ3n) is 3.20. The smallest absolute Gasteiger partial charge is 0.227 e. The number of aliphatic hydroxyl groups excluding tert-OH is 1. The third-order valence-corrected chi connectivity index (χ3v) is 3.20. The van der Waals surface area contributed by atoms with E-state index >= 15 is 0 Å². The number of fused-ring (bicyclic) bond motifs is 1. The number of para-hydroxylation sites is 1. The number of hydrogen-bond acceptors (Lipinski definition) is 3. The van der Waals surface area contributed by atoms with E-state index in [1.807, 2.05) is 54.6 Å². The molecule has 0 atom stereocenters. The maximum Gasteiger partial charge on any atom is 0.227 e. The highest BCUT2D eigenvalue weighted by molar-refractivity contribution is 5.86. The van der Waals surface area contributed by atoms with E-state index < -0.39 is 0 Å². The number of hydrogen-bond donors (Lipinski definition) is 1. The van der Waals surface area contributed by atoms with Crippen molar-refractivity contribution in [2.75, 3.05) is 6.61 Å². The second-order valence-electron chi connectivity index (χ2n) is 4.52. The van der Waals surface area contributed by atoms with Gasteiger partial charge >= 0.3 is 0 Å². The lowest BCUT2D eigenvalue weighted by Crippen LogP contribution is -1.96. The Morgan fingerprint density at radius 1 is 0.950 bits per heavy atom. The first-order valence-electron chi connectivity index (χ1n) is 6.59. The molecule has 3 nitrogen and oxygen atoms in total. The molecule has 0 aliphatic carbocycles. The summed E-state index contributed by atoms with van der Waals surface area (Å²) in [5.41, 5.74) is 0.977. The van der Waals surface area contributed by atoms with E-state index in [-0.39, 0.29) is 6.61 Å². The summed E-state index contributed by atoms with van der Waals surface area (Å²) >= 11 is 0. The Morgan fingerprint density at radius 2 is 1.75 bits per heavy atom. The lowest BCUT2D eigenvalue weighted by molar-refractivity contribution is 0.297. The predicted molar refractivity (Wildman–Crippen MR) is 79.0 cm³/mol. The van der Waals surface area contributed by atoms with Crippen LogP contribution in [0, 0.1) is 0 Å². The fourth-order valence-electron chi connectivity index (χ4n) is 2.21. The number of nitrogens with zero attached hydrogens (tertiary/aromatic N) is 1. The molecule has 1 N–H and O–H groups in total. The summed E-state index contributed by atoms with van der Waals surface area (Å²) in [4.78, 5) is 4.32. The van der Waals surface area contributed by atoms with Gasteiger partial charge in [-0.15, -0.1) is 0 Å². The van der Waals surface area contributed by atoms with Gasteiger partial charge in [0.1, 0.15) is 5.75 Å². The molecule has 100 valence electrons. The van der Waals surface area contributed by atoms with Crippen LogP contribution in [0.3, 0.4) is 0 Å². The van der Waals surface area contributed by atoms with Crippen molar-refractivity contribution in [2.24, 2.45) is 0 Å². The van der Waals surface area contributed by atoms with Crippen molar-refractivity contribution in [3.8, 4) is 11.6 Å². The topological polar surface area (TPSA) is 42.4 Å². The summed E-state index contributed by atoms with van der Waals surface area (Å²) in [6.07, 6.45) is 2.31. The Kier molecular flexibility index (Phi) is 3.61. The summed E-state index contributed by atoms with van der Waals surface area (Å²) in [5, 5.41) is 11.2. The van der Waals surface area contributed by atoms with Crippen LogP contribution in [0.25, 0.3) is 10.8 Å². The molecule has 0 unspecified atom stereocenters. The maximum atomic E-state index is 9.11. The Hall–Kier alpha value is -2.39. The average molecular weight is 265 g/mol. The quantitative estimate of drug-likeness (QED) is 0.784. The highest BCUT2D eigenvalue weighted by Crippen LogP contribution is 2.29. The zero-order chi connectivity index (χ0) is 13.8. The molecule has 0 fully saturated rings. The first-order valence-corrected chi connectivity index (χ1v) is 6.59. The van der Waals surface area contributed by atoms with Gasteiger partial charge in [0, 0.05) is 18.2 Å². The van der Waals surface area contributed by atoms with Gasteiger partial charge in [-0.25, -0.2) is 4.98 Å². The monoisotopic (exact) mass is 265 g/mol. The molecule has 3 aromatic rings. The molecule has 0 aliphatic heterocycles. The molecule has 0 bridgehead atoms. The Balaban J connectivity index is 2.01. The van der Waals surface area contributed by atoms with Crippen LogP contribution in [0.1, 0.15) is 5.56 Å². The van der Waals surface area contributed by atoms with Gasteiger partial charge in [-0.2, -0.15) is 0 Å². The van der Waals surface area contributed by atoms with E-state index in [1.165, 1.54) is 0 Å². The minimum Gasteiger partial charge on any atom is -0.438 e. The van der Waals surface area contributed by atoms with E-state index in [9.17, 15) is 0 Å². The SMILES string of the molecule is OCCc1ccccc1Oc1nccc2ccccc12. The van der Waals surface area contributed by atoms with Crippen LogP contribution in [0.2, 0.25) is 0 Å². The highest BCUT2D eigenvalue weighted by atomic mass is 16.5. The van der Waals surface area contributed by atoms with Gasteiger partial charge in [-0.05, 0) is 35.6 Å². The van der Waals surface area contributed by atoms with Crippen LogP contribution < -0.4 is 4.74 Å². The molecule has 3 rings (SSSR count). The van der Waals surface area contributed by atoms with Crippen LogP contribution in [-0.2, 0) is 6.42 Å². The van der Waals surface area contributed by atoms with Crippen molar-refractivity contribution >= 4 is 10.8 Å². The van der Waals surface area contributed by atoms with Gasteiger partial charge in [0.25, 0.3) is 0 Å². The molecule has 0 spiro atoms. The third kappa shape index (κ3) is 2.49. The molecular formula is C17H15NO2. The number of pyridine rings is 1. The molecule has 0 radical (unpaired) electrons. The second kappa shape index (κ2) is 5.72. The van der Waals surface area contributed by atoms with Crippen LogP contribution in [-0.4, -0.2) is 16.7 Å². The van der Waals surface area contributed by atoms with E-state index in [1.54, 1.807) is 6.20 Å². The number of rotatable bonds is 4. The van der Waals surface area contributed by atoms with Crippen LogP contribution >= 0.6 is 0 Å². The fraction of sp³-hybridized carbons (Fsp3) is 0.118. The minimum absolute atomic E-state index is 0.101. The van der Waals surface area contributed by atoms with Crippen molar-refractivity contribution in [3.05, 3.63) is 66.4 Å². The standard InChI is InChI=1S/C17H15NO2/c19-12-10-14-6-2-4-8-16(14)20-17-15-7-3-1-5-13(15)9-11-18-17/h1-9,11,19H,10,12H2. The van der Waals surface area contributed by atoms with Crippen molar-refractivity contribution in [1.82, 2.24) is 4.98 Å². The molecular weight excluding hydrogens is 250 g/mol. The summed E-state index contributed by atoms with van der Waals surface area (Å²) in [6.45, 7) is 0.101. The zero-order valence-electron chi connectivity index (χ0n) is 11.0. The number of benzene rings is 2. The molecule has 0 aliphatic rings. The van der Waals surface area contributed by atoms with Crippen molar-refractivity contribution < 1.29 is 9.84 Å². The number of aromatic nitrogens is 1. The van der Waals surface area contributed by atoms with Crippen molar-refractivity contribution in [3.63, 3.8) is 0 Å². The van der Waals surface area contributed by atoms with Gasteiger partial charge in [0.05, 0.1) is 0 Å². The maximum absolute atomic E-state index is 9.11. The van der Waals surface area contributed by atoms with E-state index in [0.717, 1.165) is 22.1 Å². The molecule has 3 heteroatoms. The lowest BCUT2D eigenvalue weighted by atomic mass is 10.1. The van der Waals surface area contributed by atoms with Gasteiger partial charge < -0.3 is 9.84 Å². The van der Waals surface area contributed by atoms with E-state index in [4.69, 9.17) is 9.84 Å². The zero-order valence-corrected chi connectivity index (χ0v) is 11.0. The molecule has 0 saturated carbocycles. The summed E-state index contributed by atoms with van der Waals surface area (Å²) in [5.74, 6) is 1.33. The Labute approximate surface area is 117 Å². The van der Waals surface area contributed by atoms with Crippen molar-refractivity contribution in [2.45, 2.75) is 6.42 Å². The summed E-state index contributed by atoms with van der Waals surface area (Å²) in [7, 11) is 0. The van der Waals surface area contributed by atoms with E-state index in [0.29, 0.717) is 12.3 Å². The number of aliphatic hydroxyl groups is 1. The molecule has 20 heavy (non-hydrogen) atoms. The van der Waals surface area contributed by atoms with Gasteiger partial charge in [0.15, 0.2) is 0 Å². The number of ether oxygens (including phenoxy) is 1. The minimum atomic E-state index is 0.101. The Morgan fingerprint density at radius 3 is 2.65 bits per heavy atom. The molecule has 1 heterocycles. The largest absolute Gasteiger partial charge is 0.438 e. The van der Waals surface area contributed by atoms with Gasteiger partial charge in [-0.3, -0.25) is 0 Å². The second-order valence-corrected chi connectivity index (χ2v) is 4.52. The Bertz CT molecular complexity index is 720. The van der Waals surface area contributed by atoms with E-state index in [2.05, 4.69) is 4.98 Å². The molecule has 0 amide bonds. The molecule has 1 aromatic heterocycles. The van der Waals surface area contributed by atoms with Gasteiger partial charge in [-0.1, -0.05) is 36.4 Å². The van der Waals surface area contributed by atoms with Crippen LogP contribution in [0.4, 0.5) is 0 Å². The predicted octanol–water partition coefficient (Wildman–Crippen LogP) is 3.56. The summed E-state index contributed by atoms with van der Waals surface area (Å²) in [6, 6.07) is 17.7. The fourth-order valence-corrected chi connectivity index (χ4v) is 2.21. The normalized spacial score (nSPS) is 10.7. The lowest BCUT2D eigenvalue weighted by Gasteiger charge is -2.11.